The van der Waals surface area contributed by atoms with Gasteiger partial charge in [-0.25, -0.2) is 0 Å². The van der Waals surface area contributed by atoms with Gasteiger partial charge in [-0.2, -0.15) is 0 Å². The zero-order chi connectivity index (χ0) is 16.1. The van der Waals surface area contributed by atoms with Gasteiger partial charge < -0.3 is 19.4 Å². The van der Waals surface area contributed by atoms with E-state index in [0.717, 1.165) is 0 Å². The fraction of sp³-hybridized carbons (Fsp3) is 0.200. The number of amides is 1. The van der Waals surface area contributed by atoms with Crippen molar-refractivity contribution in [3.05, 3.63) is 51.9 Å². The standard InChI is InChI=1S/C15H15ClN2O4/c1-21-12-6-5-10(8-11(12)16)17-14(19)9-18-7-3-4-13(22-2)15(18)20/h3-8H,9H2,1-2H3,(H,17,19). The quantitative estimate of drug-likeness (QED) is 0.916. The van der Waals surface area contributed by atoms with Crippen molar-refractivity contribution in [3.63, 3.8) is 0 Å². The molecule has 1 amide bonds. The van der Waals surface area contributed by atoms with E-state index in [4.69, 9.17) is 21.1 Å². The van der Waals surface area contributed by atoms with E-state index in [0.29, 0.717) is 16.5 Å². The minimum absolute atomic E-state index is 0.125. The second-order valence-corrected chi connectivity index (χ2v) is 4.81. The summed E-state index contributed by atoms with van der Waals surface area (Å²) in [5.41, 5.74) is 0.152. The summed E-state index contributed by atoms with van der Waals surface area (Å²) in [4.78, 5) is 24.0. The highest BCUT2D eigenvalue weighted by molar-refractivity contribution is 6.32. The predicted molar refractivity (Wildman–Crippen MR) is 83.9 cm³/mol. The van der Waals surface area contributed by atoms with E-state index in [1.54, 1.807) is 30.3 Å². The molecule has 6 nitrogen and oxygen atoms in total. The van der Waals surface area contributed by atoms with Crippen LogP contribution in [-0.2, 0) is 11.3 Å². The molecule has 0 fully saturated rings. The molecule has 2 aromatic rings. The SMILES string of the molecule is COc1ccc(NC(=O)Cn2cccc(OC)c2=O)cc1Cl. The van der Waals surface area contributed by atoms with Crippen LogP contribution in [0, 0.1) is 0 Å². The maximum atomic E-state index is 12.0. The Morgan fingerprint density at radius 2 is 1.95 bits per heavy atom. The molecule has 0 atom stereocenters. The molecule has 0 saturated carbocycles. The van der Waals surface area contributed by atoms with Crippen LogP contribution < -0.4 is 20.3 Å². The van der Waals surface area contributed by atoms with Gasteiger partial charge >= 0.3 is 0 Å². The Morgan fingerprint density at radius 1 is 1.23 bits per heavy atom. The van der Waals surface area contributed by atoms with Gasteiger partial charge in [0.25, 0.3) is 5.56 Å². The van der Waals surface area contributed by atoms with Crippen LogP contribution in [0.3, 0.4) is 0 Å². The van der Waals surface area contributed by atoms with Crippen molar-refractivity contribution in [1.29, 1.82) is 0 Å². The van der Waals surface area contributed by atoms with Gasteiger partial charge in [-0.3, -0.25) is 9.59 Å². The topological polar surface area (TPSA) is 69.6 Å². The van der Waals surface area contributed by atoms with E-state index >= 15 is 0 Å². The zero-order valence-electron chi connectivity index (χ0n) is 12.1. The van der Waals surface area contributed by atoms with Gasteiger partial charge in [0.1, 0.15) is 12.3 Å². The number of hydrogen-bond donors (Lipinski definition) is 1. The first-order valence-electron chi connectivity index (χ1n) is 6.42. The van der Waals surface area contributed by atoms with Crippen LogP contribution in [0.1, 0.15) is 0 Å². The summed E-state index contributed by atoms with van der Waals surface area (Å²) in [6, 6.07) is 8.07. The fourth-order valence-corrected chi connectivity index (χ4v) is 2.15. The molecule has 0 radical (unpaired) electrons. The number of pyridine rings is 1. The highest BCUT2D eigenvalue weighted by Gasteiger charge is 2.09. The van der Waals surface area contributed by atoms with Crippen LogP contribution in [0.15, 0.2) is 41.3 Å². The molecule has 0 unspecified atom stereocenters. The molecule has 0 aliphatic rings. The van der Waals surface area contributed by atoms with E-state index in [9.17, 15) is 9.59 Å². The Balaban J connectivity index is 2.11. The van der Waals surface area contributed by atoms with Crippen molar-refractivity contribution in [2.24, 2.45) is 0 Å². The van der Waals surface area contributed by atoms with Crippen LogP contribution in [0.2, 0.25) is 5.02 Å². The van der Waals surface area contributed by atoms with Crippen LogP contribution >= 0.6 is 11.6 Å². The molecular formula is C15H15ClN2O4. The molecule has 1 aromatic carbocycles. The summed E-state index contributed by atoms with van der Waals surface area (Å²) in [5.74, 6) is 0.350. The first-order valence-corrected chi connectivity index (χ1v) is 6.79. The Morgan fingerprint density at radius 3 is 2.59 bits per heavy atom. The number of carbonyl (C=O) groups is 1. The third kappa shape index (κ3) is 3.59. The number of hydrogen-bond acceptors (Lipinski definition) is 4. The highest BCUT2D eigenvalue weighted by Crippen LogP contribution is 2.27. The van der Waals surface area contributed by atoms with Gasteiger partial charge in [0.15, 0.2) is 5.75 Å². The van der Waals surface area contributed by atoms with Crippen LogP contribution in [0.5, 0.6) is 11.5 Å². The van der Waals surface area contributed by atoms with Gasteiger partial charge in [0.05, 0.1) is 19.2 Å². The van der Waals surface area contributed by atoms with Gasteiger partial charge in [-0.15, -0.1) is 0 Å². The molecule has 7 heteroatoms. The summed E-state index contributed by atoms with van der Waals surface area (Å²) < 4.78 is 11.2. The summed E-state index contributed by atoms with van der Waals surface area (Å²) >= 11 is 5.99. The summed E-state index contributed by atoms with van der Waals surface area (Å²) in [6.45, 7) is -0.125. The van der Waals surface area contributed by atoms with E-state index in [1.165, 1.54) is 25.0 Å². The summed E-state index contributed by atoms with van der Waals surface area (Å²) in [7, 11) is 2.91. The predicted octanol–water partition coefficient (Wildman–Crippen LogP) is 2.16. The molecule has 1 heterocycles. The molecular weight excluding hydrogens is 308 g/mol. The number of anilines is 1. The number of carbonyl (C=O) groups excluding carboxylic acids is 1. The van der Waals surface area contributed by atoms with Crippen molar-refractivity contribution in [1.82, 2.24) is 4.57 Å². The van der Waals surface area contributed by atoms with E-state index in [2.05, 4.69) is 5.32 Å². The zero-order valence-corrected chi connectivity index (χ0v) is 12.9. The average molecular weight is 323 g/mol. The normalized spacial score (nSPS) is 10.1. The number of nitrogens with one attached hydrogen (secondary N) is 1. The lowest BCUT2D eigenvalue weighted by Crippen LogP contribution is -2.27. The first-order chi connectivity index (χ1) is 10.5. The molecule has 0 spiro atoms. The second-order valence-electron chi connectivity index (χ2n) is 4.41. The average Bonchev–Trinajstić information content (AvgIpc) is 2.49. The number of methoxy groups -OCH3 is 2. The smallest absolute Gasteiger partial charge is 0.293 e. The monoisotopic (exact) mass is 322 g/mol. The molecule has 0 bridgehead atoms. The van der Waals surface area contributed by atoms with Crippen molar-refractivity contribution in [3.8, 4) is 11.5 Å². The van der Waals surface area contributed by atoms with Crippen molar-refractivity contribution in [2.45, 2.75) is 6.54 Å². The van der Waals surface area contributed by atoms with Gasteiger partial charge in [-0.1, -0.05) is 11.6 Å². The Hall–Kier alpha value is -2.47. The van der Waals surface area contributed by atoms with Crippen molar-refractivity contribution in [2.75, 3.05) is 19.5 Å². The first kappa shape index (κ1) is 15.9. The van der Waals surface area contributed by atoms with Crippen molar-refractivity contribution < 1.29 is 14.3 Å². The number of halogens is 1. The number of benzene rings is 1. The lowest BCUT2D eigenvalue weighted by atomic mass is 10.3. The molecule has 116 valence electrons. The minimum atomic E-state index is -0.368. The highest BCUT2D eigenvalue weighted by atomic mass is 35.5. The van der Waals surface area contributed by atoms with Crippen LogP contribution in [0.4, 0.5) is 5.69 Å². The molecule has 2 rings (SSSR count). The molecule has 0 aliphatic heterocycles. The molecule has 1 aromatic heterocycles. The lowest BCUT2D eigenvalue weighted by molar-refractivity contribution is -0.116. The van der Waals surface area contributed by atoms with E-state index < -0.39 is 0 Å². The number of nitrogens with zero attached hydrogens (tertiary/aromatic N) is 1. The molecule has 1 N–H and O–H groups in total. The Bertz CT molecular complexity index is 743. The van der Waals surface area contributed by atoms with Crippen LogP contribution in [0.25, 0.3) is 0 Å². The van der Waals surface area contributed by atoms with E-state index in [-0.39, 0.29) is 23.8 Å². The van der Waals surface area contributed by atoms with Gasteiger partial charge in [0.2, 0.25) is 5.91 Å². The third-order valence-electron chi connectivity index (χ3n) is 2.95. The molecule has 0 saturated heterocycles. The lowest BCUT2D eigenvalue weighted by Gasteiger charge is -2.10. The van der Waals surface area contributed by atoms with Gasteiger partial charge in [0, 0.05) is 11.9 Å². The number of rotatable bonds is 5. The molecule has 0 aliphatic carbocycles. The third-order valence-corrected chi connectivity index (χ3v) is 3.25. The number of ether oxygens (including phenoxy) is 2. The van der Waals surface area contributed by atoms with E-state index in [1.807, 2.05) is 0 Å². The van der Waals surface area contributed by atoms with Gasteiger partial charge in [-0.05, 0) is 30.3 Å². The largest absolute Gasteiger partial charge is 0.495 e. The second kappa shape index (κ2) is 7.00. The fourth-order valence-electron chi connectivity index (χ4n) is 1.89. The Labute approximate surface area is 132 Å². The van der Waals surface area contributed by atoms with Crippen LogP contribution in [-0.4, -0.2) is 24.7 Å². The van der Waals surface area contributed by atoms with Crippen molar-refractivity contribution >= 4 is 23.2 Å². The minimum Gasteiger partial charge on any atom is -0.495 e. The summed E-state index contributed by atoms with van der Waals surface area (Å²) in [6.07, 6.45) is 1.52. The Kier molecular flexibility index (Phi) is 5.06. The molecule has 22 heavy (non-hydrogen) atoms. The number of aromatic nitrogens is 1. The maximum Gasteiger partial charge on any atom is 0.293 e. The summed E-state index contributed by atoms with van der Waals surface area (Å²) in [5, 5.41) is 3.06. The maximum absolute atomic E-state index is 12.0.